The molecule has 0 aromatic heterocycles. The van der Waals surface area contributed by atoms with Crippen molar-refractivity contribution < 1.29 is 0 Å². The molecular formula is C17H20BBr. The Morgan fingerprint density at radius 1 is 0.895 bits per heavy atom. The number of halogens is 1. The first-order valence-corrected chi connectivity index (χ1v) is 8.13. The fourth-order valence-corrected chi connectivity index (χ4v) is 2.77. The van der Waals surface area contributed by atoms with Crippen LogP contribution in [0.2, 0.25) is 6.82 Å². The van der Waals surface area contributed by atoms with Crippen LogP contribution in [0.25, 0.3) is 0 Å². The first-order chi connectivity index (χ1) is 9.31. The first kappa shape index (κ1) is 14.4. The Bertz CT molecular complexity index is 496. The van der Waals surface area contributed by atoms with Gasteiger partial charge in [0, 0.05) is 5.33 Å². The van der Waals surface area contributed by atoms with Crippen LogP contribution in [0, 0.1) is 0 Å². The van der Waals surface area contributed by atoms with Gasteiger partial charge in [0.1, 0.15) is 0 Å². The molecule has 0 spiro atoms. The van der Waals surface area contributed by atoms with Gasteiger partial charge in [0.2, 0.25) is 6.71 Å². The Hall–Kier alpha value is -1.02. The maximum Gasteiger partial charge on any atom is 0.206 e. The normalized spacial score (nSPS) is 10.4. The minimum absolute atomic E-state index is 0.470. The number of hydrogen-bond acceptors (Lipinski definition) is 0. The standard InChI is InChI=1S/C17H20BBr/c1-18(16-10-3-2-4-11-16)17-12-7-9-15(14-17)8-5-6-13-19/h2-4,7,9-12,14H,5-6,8,13H2,1H3. The molecule has 0 heterocycles. The summed E-state index contributed by atoms with van der Waals surface area (Å²) >= 11 is 3.49. The fourth-order valence-electron chi connectivity index (χ4n) is 2.38. The lowest BCUT2D eigenvalue weighted by Gasteiger charge is -2.11. The molecule has 2 heteroatoms. The van der Waals surface area contributed by atoms with Crippen molar-refractivity contribution in [1.29, 1.82) is 0 Å². The third kappa shape index (κ3) is 4.24. The second-order valence-corrected chi connectivity index (χ2v) is 5.82. The smallest absolute Gasteiger partial charge is 0.0928 e. The van der Waals surface area contributed by atoms with Gasteiger partial charge in [-0.05, 0) is 24.8 Å². The highest BCUT2D eigenvalue weighted by atomic mass is 79.9. The predicted molar refractivity (Wildman–Crippen MR) is 90.5 cm³/mol. The summed E-state index contributed by atoms with van der Waals surface area (Å²) in [4.78, 5) is 0. The first-order valence-electron chi connectivity index (χ1n) is 7.01. The van der Waals surface area contributed by atoms with Crippen molar-refractivity contribution in [3.05, 3.63) is 60.2 Å². The molecule has 19 heavy (non-hydrogen) atoms. The lowest BCUT2D eigenvalue weighted by Crippen LogP contribution is -2.39. The molecular weight excluding hydrogens is 295 g/mol. The summed E-state index contributed by atoms with van der Waals surface area (Å²) in [6, 6.07) is 19.8. The highest BCUT2D eigenvalue weighted by molar-refractivity contribution is 9.09. The van der Waals surface area contributed by atoms with Crippen molar-refractivity contribution >= 4 is 33.6 Å². The Balaban J connectivity index is 2.10. The average molecular weight is 315 g/mol. The van der Waals surface area contributed by atoms with Gasteiger partial charge in [0.25, 0.3) is 0 Å². The molecule has 0 aliphatic rings. The Morgan fingerprint density at radius 2 is 1.63 bits per heavy atom. The van der Waals surface area contributed by atoms with E-state index in [1.165, 1.54) is 35.8 Å². The van der Waals surface area contributed by atoms with Gasteiger partial charge in [0.15, 0.2) is 0 Å². The summed E-state index contributed by atoms with van der Waals surface area (Å²) in [6.45, 7) is 2.75. The highest BCUT2D eigenvalue weighted by Gasteiger charge is 2.12. The SMILES string of the molecule is CB(c1ccccc1)c1cccc(CCCCBr)c1. The van der Waals surface area contributed by atoms with Crippen LogP contribution >= 0.6 is 15.9 Å². The summed E-state index contributed by atoms with van der Waals surface area (Å²) in [5.41, 5.74) is 4.27. The van der Waals surface area contributed by atoms with Crippen LogP contribution in [0.1, 0.15) is 18.4 Å². The van der Waals surface area contributed by atoms with Gasteiger partial charge in [-0.2, -0.15) is 0 Å². The lowest BCUT2D eigenvalue weighted by molar-refractivity contribution is 0.806. The second-order valence-electron chi connectivity index (χ2n) is 5.02. The zero-order chi connectivity index (χ0) is 13.5. The predicted octanol–water partition coefficient (Wildman–Crippen LogP) is 3.64. The summed E-state index contributed by atoms with van der Waals surface area (Å²) in [7, 11) is 0. The minimum atomic E-state index is 0.470. The van der Waals surface area contributed by atoms with Crippen LogP contribution in [0.4, 0.5) is 0 Å². The van der Waals surface area contributed by atoms with Gasteiger partial charge >= 0.3 is 0 Å². The lowest BCUT2D eigenvalue weighted by atomic mass is 9.42. The van der Waals surface area contributed by atoms with Crippen molar-refractivity contribution in [3.8, 4) is 0 Å². The molecule has 0 nitrogen and oxygen atoms in total. The molecule has 0 saturated carbocycles. The zero-order valence-corrected chi connectivity index (χ0v) is 13.1. The van der Waals surface area contributed by atoms with E-state index in [-0.39, 0.29) is 0 Å². The fraction of sp³-hybridized carbons (Fsp3) is 0.294. The summed E-state index contributed by atoms with van der Waals surface area (Å²) in [5, 5.41) is 1.10. The largest absolute Gasteiger partial charge is 0.206 e. The average Bonchev–Trinajstić information content (AvgIpc) is 2.48. The van der Waals surface area contributed by atoms with Crippen molar-refractivity contribution in [2.45, 2.75) is 26.1 Å². The van der Waals surface area contributed by atoms with Gasteiger partial charge in [-0.25, -0.2) is 0 Å². The zero-order valence-electron chi connectivity index (χ0n) is 11.5. The van der Waals surface area contributed by atoms with Gasteiger partial charge in [0.05, 0.1) is 0 Å². The molecule has 2 rings (SSSR count). The van der Waals surface area contributed by atoms with E-state index in [0.717, 1.165) is 5.33 Å². The number of hydrogen-bond donors (Lipinski definition) is 0. The van der Waals surface area contributed by atoms with Crippen LogP contribution in [-0.2, 0) is 6.42 Å². The maximum atomic E-state index is 3.49. The van der Waals surface area contributed by atoms with Gasteiger partial charge in [-0.15, -0.1) is 0 Å². The van der Waals surface area contributed by atoms with Crippen LogP contribution < -0.4 is 10.9 Å². The third-order valence-electron chi connectivity index (χ3n) is 3.60. The summed E-state index contributed by atoms with van der Waals surface area (Å²) < 4.78 is 0. The van der Waals surface area contributed by atoms with Crippen LogP contribution in [0.3, 0.4) is 0 Å². The summed E-state index contributed by atoms with van der Waals surface area (Å²) in [6.07, 6.45) is 3.69. The Kier molecular flexibility index (Phi) is 5.72. The molecule has 0 aliphatic heterocycles. The van der Waals surface area contributed by atoms with Crippen molar-refractivity contribution in [3.63, 3.8) is 0 Å². The molecule has 0 radical (unpaired) electrons. The summed E-state index contributed by atoms with van der Waals surface area (Å²) in [5.74, 6) is 0. The molecule has 0 unspecified atom stereocenters. The van der Waals surface area contributed by atoms with Gasteiger partial charge in [-0.1, -0.05) is 88.3 Å². The van der Waals surface area contributed by atoms with Crippen LogP contribution in [-0.4, -0.2) is 12.0 Å². The molecule has 2 aromatic carbocycles. The molecule has 0 bridgehead atoms. The number of aryl methyl sites for hydroxylation is 1. The van der Waals surface area contributed by atoms with Gasteiger partial charge in [-0.3, -0.25) is 0 Å². The number of unbranched alkanes of at least 4 members (excludes halogenated alkanes) is 1. The number of rotatable bonds is 6. The van der Waals surface area contributed by atoms with Crippen LogP contribution in [0.5, 0.6) is 0 Å². The van der Waals surface area contributed by atoms with E-state index in [2.05, 4.69) is 77.4 Å². The van der Waals surface area contributed by atoms with Crippen molar-refractivity contribution in [2.24, 2.45) is 0 Å². The minimum Gasteiger partial charge on any atom is -0.0928 e. The van der Waals surface area contributed by atoms with E-state index < -0.39 is 0 Å². The molecule has 0 fully saturated rings. The molecule has 0 saturated heterocycles. The van der Waals surface area contributed by atoms with E-state index in [1.807, 2.05) is 0 Å². The molecule has 2 aromatic rings. The van der Waals surface area contributed by atoms with E-state index in [4.69, 9.17) is 0 Å². The molecule has 0 N–H and O–H groups in total. The maximum absolute atomic E-state index is 3.49. The van der Waals surface area contributed by atoms with E-state index in [9.17, 15) is 0 Å². The monoisotopic (exact) mass is 314 g/mol. The molecule has 0 amide bonds. The Labute approximate surface area is 125 Å². The highest BCUT2D eigenvalue weighted by Crippen LogP contribution is 2.05. The van der Waals surface area contributed by atoms with E-state index in [0.29, 0.717) is 6.71 Å². The topological polar surface area (TPSA) is 0 Å². The molecule has 0 atom stereocenters. The second kappa shape index (κ2) is 7.54. The third-order valence-corrected chi connectivity index (χ3v) is 4.16. The molecule has 0 aliphatic carbocycles. The number of benzene rings is 2. The number of alkyl halides is 1. The molecule has 98 valence electrons. The van der Waals surface area contributed by atoms with Gasteiger partial charge < -0.3 is 0 Å². The van der Waals surface area contributed by atoms with Crippen molar-refractivity contribution in [1.82, 2.24) is 0 Å². The van der Waals surface area contributed by atoms with E-state index in [1.54, 1.807) is 0 Å². The quantitative estimate of drug-likeness (QED) is 0.434. The van der Waals surface area contributed by atoms with Crippen LogP contribution in [0.15, 0.2) is 54.6 Å². The van der Waals surface area contributed by atoms with E-state index >= 15 is 0 Å². The van der Waals surface area contributed by atoms with Crippen molar-refractivity contribution in [2.75, 3.05) is 5.33 Å². The Morgan fingerprint density at radius 3 is 2.37 bits per heavy atom.